The molecule has 2 aromatic carbocycles. The van der Waals surface area contributed by atoms with Crippen LogP contribution in [0, 0.1) is 0 Å². The van der Waals surface area contributed by atoms with Crippen molar-refractivity contribution < 1.29 is 9.59 Å². The molecule has 170 valence electrons. The molecular weight excluding hydrogens is 608 g/mol. The summed E-state index contributed by atoms with van der Waals surface area (Å²) in [6.45, 7) is 0. The van der Waals surface area contributed by atoms with E-state index in [2.05, 4.69) is 52.9 Å². The minimum absolute atomic E-state index is 0.310. The number of rotatable bonds is 8. The predicted octanol–water partition coefficient (Wildman–Crippen LogP) is 6.24. The average molecular weight is 626 g/mol. The lowest BCUT2D eigenvalue weighted by Crippen LogP contribution is -2.18. The second kappa shape index (κ2) is 12.5. The molecule has 0 fully saturated rings. The first-order valence-electron chi connectivity index (χ1n) is 9.35. The highest BCUT2D eigenvalue weighted by Gasteiger charge is 2.15. The molecule has 3 rings (SSSR count). The Morgan fingerprint density at radius 1 is 0.818 bits per heavy atom. The van der Waals surface area contributed by atoms with E-state index >= 15 is 0 Å². The maximum absolute atomic E-state index is 12.4. The zero-order valence-electron chi connectivity index (χ0n) is 17.5. The van der Waals surface area contributed by atoms with Crippen molar-refractivity contribution in [1.29, 1.82) is 0 Å². The van der Waals surface area contributed by atoms with Gasteiger partial charge in [0.15, 0.2) is 0 Å². The van der Waals surface area contributed by atoms with Crippen LogP contribution in [0.1, 0.15) is 31.8 Å². The summed E-state index contributed by atoms with van der Waals surface area (Å²) in [4.78, 5) is 24.7. The van der Waals surface area contributed by atoms with Gasteiger partial charge in [0.25, 0.3) is 11.8 Å². The predicted molar refractivity (Wildman–Crippen MR) is 146 cm³/mol. The molecule has 1 heterocycles. The van der Waals surface area contributed by atoms with Crippen LogP contribution >= 0.6 is 66.7 Å². The molecule has 0 aliphatic carbocycles. The van der Waals surface area contributed by atoms with Crippen LogP contribution in [0.15, 0.2) is 76.1 Å². The number of carbonyl (C=O) groups excluding carboxylic acids is 2. The third kappa shape index (κ3) is 7.03. The number of thiophene rings is 1. The van der Waals surface area contributed by atoms with Crippen LogP contribution < -0.4 is 10.9 Å². The largest absolute Gasteiger partial charge is 0.271 e. The molecule has 3 aromatic rings. The SMILES string of the molecule is CSc1sc(SC)c(C=NNC(=O)c2cccc(Br)c2)c1C=NNC(=O)c1cccc(Br)c1. The Morgan fingerprint density at radius 2 is 1.24 bits per heavy atom. The molecule has 0 radical (unpaired) electrons. The van der Waals surface area contributed by atoms with Crippen molar-refractivity contribution in [2.45, 2.75) is 8.42 Å². The molecule has 0 aliphatic heterocycles. The van der Waals surface area contributed by atoms with Gasteiger partial charge in [-0.25, -0.2) is 10.9 Å². The lowest BCUT2D eigenvalue weighted by atomic mass is 10.2. The molecule has 33 heavy (non-hydrogen) atoms. The van der Waals surface area contributed by atoms with Gasteiger partial charge in [-0.1, -0.05) is 44.0 Å². The number of hydrazone groups is 2. The number of benzene rings is 2. The number of thioether (sulfide) groups is 2. The minimum Gasteiger partial charge on any atom is -0.267 e. The zero-order chi connectivity index (χ0) is 23.8. The summed E-state index contributed by atoms with van der Waals surface area (Å²) >= 11 is 11.5. The van der Waals surface area contributed by atoms with E-state index in [0.29, 0.717) is 11.1 Å². The molecule has 0 aliphatic rings. The normalized spacial score (nSPS) is 11.3. The van der Waals surface area contributed by atoms with Gasteiger partial charge < -0.3 is 0 Å². The lowest BCUT2D eigenvalue weighted by molar-refractivity contribution is 0.0947. The summed E-state index contributed by atoms with van der Waals surface area (Å²) < 4.78 is 3.68. The van der Waals surface area contributed by atoms with Crippen LogP contribution in [0.25, 0.3) is 0 Å². The van der Waals surface area contributed by atoms with Gasteiger partial charge in [-0.05, 0) is 48.9 Å². The van der Waals surface area contributed by atoms with E-state index in [0.717, 1.165) is 28.5 Å². The Balaban J connectivity index is 1.78. The molecule has 0 bridgehead atoms. The minimum atomic E-state index is -0.310. The molecule has 0 saturated heterocycles. The summed E-state index contributed by atoms with van der Waals surface area (Å²) in [7, 11) is 0. The monoisotopic (exact) mass is 624 g/mol. The second-order valence-corrected chi connectivity index (χ2v) is 11.3. The molecular formula is C22H18Br2N4O2S3. The molecule has 0 saturated carbocycles. The topological polar surface area (TPSA) is 82.9 Å². The van der Waals surface area contributed by atoms with Crippen molar-refractivity contribution in [2.24, 2.45) is 10.2 Å². The molecule has 2 N–H and O–H groups in total. The number of amides is 2. The number of nitrogens with zero attached hydrogens (tertiary/aromatic N) is 2. The van der Waals surface area contributed by atoms with Gasteiger partial charge in [-0.2, -0.15) is 10.2 Å². The van der Waals surface area contributed by atoms with Gasteiger partial charge >= 0.3 is 0 Å². The average Bonchev–Trinajstić information content (AvgIpc) is 3.15. The van der Waals surface area contributed by atoms with E-state index in [9.17, 15) is 9.59 Å². The zero-order valence-corrected chi connectivity index (χ0v) is 23.1. The number of hydrogen-bond acceptors (Lipinski definition) is 7. The number of carbonyl (C=O) groups is 2. The van der Waals surface area contributed by atoms with Crippen LogP contribution in [-0.4, -0.2) is 36.8 Å². The third-order valence-corrected chi connectivity index (χ3v) is 8.66. The van der Waals surface area contributed by atoms with Crippen LogP contribution in [0.2, 0.25) is 0 Å². The van der Waals surface area contributed by atoms with Crippen LogP contribution in [0.3, 0.4) is 0 Å². The van der Waals surface area contributed by atoms with Crippen LogP contribution in [0.4, 0.5) is 0 Å². The summed E-state index contributed by atoms with van der Waals surface area (Å²) in [6, 6.07) is 14.1. The highest BCUT2D eigenvalue weighted by Crippen LogP contribution is 2.38. The van der Waals surface area contributed by atoms with Gasteiger partial charge in [0.2, 0.25) is 0 Å². The molecule has 0 atom stereocenters. The summed E-state index contributed by atoms with van der Waals surface area (Å²) in [5.74, 6) is -0.620. The molecule has 0 unspecified atom stereocenters. The van der Waals surface area contributed by atoms with Gasteiger partial charge in [0.1, 0.15) is 0 Å². The third-order valence-electron chi connectivity index (χ3n) is 4.18. The lowest BCUT2D eigenvalue weighted by Gasteiger charge is -2.02. The van der Waals surface area contributed by atoms with Crippen molar-refractivity contribution in [3.8, 4) is 0 Å². The maximum atomic E-state index is 12.4. The van der Waals surface area contributed by atoms with Crippen molar-refractivity contribution in [2.75, 3.05) is 12.5 Å². The van der Waals surface area contributed by atoms with Crippen molar-refractivity contribution in [3.05, 3.63) is 79.7 Å². The Labute approximate surface area is 221 Å². The van der Waals surface area contributed by atoms with Crippen molar-refractivity contribution >= 4 is 91.0 Å². The molecule has 1 aromatic heterocycles. The first-order valence-corrected chi connectivity index (χ1v) is 14.2. The highest BCUT2D eigenvalue weighted by molar-refractivity contribution is 9.10. The summed E-state index contributed by atoms with van der Waals surface area (Å²) in [5.41, 5.74) is 7.77. The van der Waals surface area contributed by atoms with E-state index in [1.165, 1.54) is 0 Å². The van der Waals surface area contributed by atoms with Gasteiger partial charge in [-0.15, -0.1) is 34.9 Å². The number of nitrogens with one attached hydrogen (secondary N) is 2. The van der Waals surface area contributed by atoms with Crippen molar-refractivity contribution in [1.82, 2.24) is 10.9 Å². The maximum Gasteiger partial charge on any atom is 0.271 e. The fourth-order valence-electron chi connectivity index (χ4n) is 2.66. The summed E-state index contributed by atoms with van der Waals surface area (Å²) in [6.07, 6.45) is 7.16. The van der Waals surface area contributed by atoms with E-state index in [1.54, 1.807) is 83.7 Å². The van der Waals surface area contributed by atoms with E-state index < -0.39 is 0 Å². The Kier molecular flexibility index (Phi) is 9.75. The first-order chi connectivity index (χ1) is 15.9. The molecule has 11 heteroatoms. The van der Waals surface area contributed by atoms with Crippen molar-refractivity contribution in [3.63, 3.8) is 0 Å². The second-order valence-electron chi connectivity index (χ2n) is 6.33. The Hall–Kier alpha value is -1.92. The smallest absolute Gasteiger partial charge is 0.267 e. The molecule has 0 spiro atoms. The summed E-state index contributed by atoms with van der Waals surface area (Å²) in [5, 5.41) is 8.31. The first kappa shape index (κ1) is 25.7. The standard InChI is InChI=1S/C22H18Br2N4O2S3/c1-31-21-17(11-25-27-19(29)13-5-3-7-15(23)9-13)18(22(32-2)33-21)12-26-28-20(30)14-6-4-8-16(24)10-14/h3-12H,1-2H3,(H,27,29)(H,28,30). The van der Waals surface area contributed by atoms with Gasteiger partial charge in [0.05, 0.1) is 20.8 Å². The van der Waals surface area contributed by atoms with Gasteiger partial charge in [-0.3, -0.25) is 9.59 Å². The number of hydrogen-bond donors (Lipinski definition) is 2. The fraction of sp³-hybridized carbons (Fsp3) is 0.0909. The Morgan fingerprint density at radius 3 is 1.61 bits per heavy atom. The van der Waals surface area contributed by atoms with E-state index in [1.807, 2.05) is 24.6 Å². The quantitative estimate of drug-likeness (QED) is 0.176. The highest BCUT2D eigenvalue weighted by atomic mass is 79.9. The van der Waals surface area contributed by atoms with E-state index in [4.69, 9.17) is 0 Å². The number of halogens is 2. The molecule has 6 nitrogen and oxygen atoms in total. The Bertz CT molecular complexity index is 1140. The molecule has 2 amide bonds. The van der Waals surface area contributed by atoms with E-state index in [-0.39, 0.29) is 11.8 Å². The van der Waals surface area contributed by atoms with Gasteiger partial charge in [0, 0.05) is 31.2 Å². The van der Waals surface area contributed by atoms with Crippen LogP contribution in [-0.2, 0) is 0 Å². The fourth-order valence-corrected chi connectivity index (χ4v) is 6.26. The van der Waals surface area contributed by atoms with Crippen LogP contribution in [0.5, 0.6) is 0 Å².